The highest BCUT2D eigenvalue weighted by molar-refractivity contribution is 6.13. The summed E-state index contributed by atoms with van der Waals surface area (Å²) < 4.78 is 16.8. The van der Waals surface area contributed by atoms with Gasteiger partial charge in [0, 0.05) is 28.4 Å². The molecule has 7 heteroatoms. The Kier molecular flexibility index (Phi) is 6.13. The fourth-order valence-electron chi connectivity index (χ4n) is 3.76. The number of carbonyl (C=O) groups is 1. The molecular weight excluding hydrogens is 430 g/mol. The Labute approximate surface area is 199 Å². The first kappa shape index (κ1) is 23.4. The smallest absolute Gasteiger partial charge is 0.489 e. The van der Waals surface area contributed by atoms with Gasteiger partial charge in [0.25, 0.3) is 0 Å². The van der Waals surface area contributed by atoms with Gasteiger partial charge in [0.1, 0.15) is 22.8 Å². The third kappa shape index (κ3) is 5.25. The van der Waals surface area contributed by atoms with Crippen LogP contribution in [-0.4, -0.2) is 33.5 Å². The molecule has 1 aromatic carbocycles. The maximum Gasteiger partial charge on any atom is 0.514 e. The van der Waals surface area contributed by atoms with E-state index >= 15 is 0 Å². The second kappa shape index (κ2) is 8.89. The van der Waals surface area contributed by atoms with Crippen molar-refractivity contribution in [3.05, 3.63) is 70.5 Å². The molecule has 0 amide bonds. The summed E-state index contributed by atoms with van der Waals surface area (Å²) in [6, 6.07) is 9.51. The zero-order chi connectivity index (χ0) is 24.6. The molecule has 3 heterocycles. The zero-order valence-electron chi connectivity index (χ0n) is 20.7. The molecule has 7 nitrogen and oxygen atoms in total. The number of ether oxygens (including phenoxy) is 3. The summed E-state index contributed by atoms with van der Waals surface area (Å²) >= 11 is 0. The minimum atomic E-state index is -0.740. The minimum absolute atomic E-state index is 0.00669. The Balaban J connectivity index is 1.69. The van der Waals surface area contributed by atoms with Crippen molar-refractivity contribution in [2.45, 2.75) is 60.2 Å². The van der Waals surface area contributed by atoms with Crippen LogP contribution in [0, 0.1) is 13.8 Å². The Morgan fingerprint density at radius 2 is 1.88 bits per heavy atom. The van der Waals surface area contributed by atoms with E-state index in [1.54, 1.807) is 26.8 Å². The summed E-state index contributed by atoms with van der Waals surface area (Å²) in [5.41, 5.74) is 5.71. The van der Waals surface area contributed by atoms with Gasteiger partial charge in [-0.15, -0.1) is 0 Å². The molecule has 2 aromatic heterocycles. The molecule has 0 saturated carbocycles. The van der Waals surface area contributed by atoms with Gasteiger partial charge in [0.15, 0.2) is 0 Å². The largest absolute Gasteiger partial charge is 0.514 e. The fraction of sp³-hybridized carbons (Fsp3) is 0.333. The SMILES string of the molecule is Cc1cc(C)c(/C=C2\N=C(c3cc4c(OC(=O)OC(C)(C)C)cccc4[nH]3)C=C2OC(C)C)[nH]1. The van der Waals surface area contributed by atoms with Crippen molar-refractivity contribution < 1.29 is 19.0 Å². The van der Waals surface area contributed by atoms with Gasteiger partial charge in [-0.05, 0) is 84.4 Å². The molecular formula is C27H31N3O4. The molecule has 0 radical (unpaired) electrons. The Bertz CT molecular complexity index is 1330. The van der Waals surface area contributed by atoms with Gasteiger partial charge in [0.2, 0.25) is 0 Å². The van der Waals surface area contributed by atoms with Crippen LogP contribution in [0.25, 0.3) is 17.0 Å². The van der Waals surface area contributed by atoms with Crippen LogP contribution in [0.5, 0.6) is 5.75 Å². The van der Waals surface area contributed by atoms with Crippen molar-refractivity contribution in [1.82, 2.24) is 9.97 Å². The third-order valence-corrected chi connectivity index (χ3v) is 5.08. The molecule has 0 atom stereocenters. The van der Waals surface area contributed by atoms with Gasteiger partial charge in [-0.1, -0.05) is 6.07 Å². The van der Waals surface area contributed by atoms with Crippen LogP contribution in [0.2, 0.25) is 0 Å². The predicted molar refractivity (Wildman–Crippen MR) is 134 cm³/mol. The van der Waals surface area contributed by atoms with Crippen LogP contribution in [-0.2, 0) is 9.47 Å². The number of fused-ring (bicyclic) bond motifs is 1. The van der Waals surface area contributed by atoms with Crippen LogP contribution in [0.15, 0.2) is 52.9 Å². The minimum Gasteiger partial charge on any atom is -0.489 e. The van der Waals surface area contributed by atoms with Crippen molar-refractivity contribution in [1.29, 1.82) is 0 Å². The summed E-state index contributed by atoms with van der Waals surface area (Å²) in [4.78, 5) is 23.8. The molecule has 0 bridgehead atoms. The topological polar surface area (TPSA) is 88.7 Å². The number of allylic oxidation sites excluding steroid dienone is 1. The number of aryl methyl sites for hydroxylation is 2. The van der Waals surface area contributed by atoms with E-state index in [9.17, 15) is 4.79 Å². The monoisotopic (exact) mass is 461 g/mol. The van der Waals surface area contributed by atoms with Crippen LogP contribution in [0.4, 0.5) is 4.79 Å². The quantitative estimate of drug-likeness (QED) is 0.332. The molecule has 1 aliphatic heterocycles. The maximum atomic E-state index is 12.2. The molecule has 178 valence electrons. The lowest BCUT2D eigenvalue weighted by molar-refractivity contribution is 0.0209. The lowest BCUT2D eigenvalue weighted by atomic mass is 10.2. The summed E-state index contributed by atoms with van der Waals surface area (Å²) in [7, 11) is 0. The number of aliphatic imine (C=N–C) groups is 1. The van der Waals surface area contributed by atoms with Crippen molar-refractivity contribution >= 4 is 28.8 Å². The molecule has 1 aliphatic rings. The summed E-state index contributed by atoms with van der Waals surface area (Å²) in [5.74, 6) is 1.13. The van der Waals surface area contributed by atoms with E-state index in [2.05, 4.69) is 23.0 Å². The number of H-pyrrole nitrogens is 2. The second-order valence-electron chi connectivity index (χ2n) is 9.72. The molecule has 0 saturated heterocycles. The van der Waals surface area contributed by atoms with E-state index in [0.29, 0.717) is 11.5 Å². The molecule has 34 heavy (non-hydrogen) atoms. The van der Waals surface area contributed by atoms with E-state index in [1.807, 2.05) is 51.1 Å². The van der Waals surface area contributed by atoms with Crippen LogP contribution >= 0.6 is 0 Å². The Morgan fingerprint density at radius 3 is 2.53 bits per heavy atom. The van der Waals surface area contributed by atoms with Crippen molar-refractivity contribution in [2.24, 2.45) is 4.99 Å². The maximum absolute atomic E-state index is 12.2. The number of nitrogens with one attached hydrogen (secondary N) is 2. The molecule has 0 aliphatic carbocycles. The van der Waals surface area contributed by atoms with Crippen LogP contribution < -0.4 is 4.74 Å². The molecule has 4 rings (SSSR count). The number of hydrogen-bond acceptors (Lipinski definition) is 5. The summed E-state index contributed by atoms with van der Waals surface area (Å²) in [6.07, 6.45) is 3.20. The highest BCUT2D eigenvalue weighted by Gasteiger charge is 2.22. The van der Waals surface area contributed by atoms with E-state index in [1.165, 1.54) is 0 Å². The van der Waals surface area contributed by atoms with Crippen molar-refractivity contribution in [3.8, 4) is 5.75 Å². The highest BCUT2D eigenvalue weighted by Crippen LogP contribution is 2.31. The van der Waals surface area contributed by atoms with Gasteiger partial charge in [-0.3, -0.25) is 0 Å². The molecule has 0 fully saturated rings. The third-order valence-electron chi connectivity index (χ3n) is 5.08. The van der Waals surface area contributed by atoms with Gasteiger partial charge in [-0.25, -0.2) is 9.79 Å². The lowest BCUT2D eigenvalue weighted by Gasteiger charge is -2.18. The number of aromatic amines is 2. The number of nitrogens with zero attached hydrogens (tertiary/aromatic N) is 1. The number of aromatic nitrogens is 2. The highest BCUT2D eigenvalue weighted by atomic mass is 16.7. The summed E-state index contributed by atoms with van der Waals surface area (Å²) in [5, 5.41) is 0.763. The number of rotatable bonds is 5. The van der Waals surface area contributed by atoms with Gasteiger partial charge >= 0.3 is 6.16 Å². The van der Waals surface area contributed by atoms with Gasteiger partial charge in [-0.2, -0.15) is 0 Å². The standard InChI is InChI=1S/C27H31N3O4/c1-15(2)32-25-14-22(30-23(25)13-20-16(3)11-17(4)28-20)21-12-18-19(29-21)9-8-10-24(18)33-26(31)34-27(5,6)7/h8-15,28-29H,1-7H3/b23-13-. The van der Waals surface area contributed by atoms with E-state index in [0.717, 1.165) is 45.0 Å². The van der Waals surface area contributed by atoms with Crippen LogP contribution in [0.1, 0.15) is 57.3 Å². The normalized spacial score (nSPS) is 15.1. The van der Waals surface area contributed by atoms with Crippen LogP contribution in [0.3, 0.4) is 0 Å². The number of benzene rings is 1. The van der Waals surface area contributed by atoms with Gasteiger partial charge in [0.05, 0.1) is 17.5 Å². The van der Waals surface area contributed by atoms with E-state index in [4.69, 9.17) is 19.2 Å². The summed E-state index contributed by atoms with van der Waals surface area (Å²) in [6.45, 7) is 13.5. The lowest BCUT2D eigenvalue weighted by Crippen LogP contribution is -2.26. The Hall–Kier alpha value is -3.74. The fourth-order valence-corrected chi connectivity index (χ4v) is 3.76. The number of carbonyl (C=O) groups excluding carboxylic acids is 1. The zero-order valence-corrected chi connectivity index (χ0v) is 20.7. The first-order valence-electron chi connectivity index (χ1n) is 11.4. The molecule has 2 N–H and O–H groups in total. The van der Waals surface area contributed by atoms with Crippen molar-refractivity contribution in [3.63, 3.8) is 0 Å². The van der Waals surface area contributed by atoms with E-state index < -0.39 is 11.8 Å². The van der Waals surface area contributed by atoms with Crippen molar-refractivity contribution in [2.75, 3.05) is 0 Å². The molecule has 0 spiro atoms. The molecule has 0 unspecified atom stereocenters. The predicted octanol–water partition coefficient (Wildman–Crippen LogP) is 6.58. The van der Waals surface area contributed by atoms with E-state index in [-0.39, 0.29) is 6.10 Å². The number of hydrogen-bond donors (Lipinski definition) is 2. The second-order valence-corrected chi connectivity index (χ2v) is 9.72. The first-order valence-corrected chi connectivity index (χ1v) is 11.4. The average Bonchev–Trinajstić information content (AvgIpc) is 3.38. The Morgan fingerprint density at radius 1 is 1.12 bits per heavy atom. The van der Waals surface area contributed by atoms with Gasteiger partial charge < -0.3 is 24.2 Å². The molecule has 3 aromatic rings. The average molecular weight is 462 g/mol. The first-order chi connectivity index (χ1) is 16.0.